The van der Waals surface area contributed by atoms with E-state index >= 15 is 0 Å². The third-order valence-electron chi connectivity index (χ3n) is 4.89. The molecule has 0 aliphatic heterocycles. The number of nitrogen functional groups attached to an aromatic ring is 1. The first kappa shape index (κ1) is 21.3. The number of Topliss-reactive ketones (excluding diaryl/α,β-unsaturated/α-hetero) is 1. The number of fused-ring (bicyclic) bond motifs is 1. The zero-order valence-electron chi connectivity index (χ0n) is 16.7. The minimum Gasteiger partial charge on any atom is -0.493 e. The van der Waals surface area contributed by atoms with Gasteiger partial charge in [-0.25, -0.2) is 9.37 Å². The molecule has 0 unspecified atom stereocenters. The number of hydrogen-bond donors (Lipinski definition) is 1. The minimum absolute atomic E-state index is 0.0708. The second-order valence-electron chi connectivity index (χ2n) is 6.80. The molecule has 4 aromatic rings. The van der Waals surface area contributed by atoms with Gasteiger partial charge in [0, 0.05) is 21.8 Å². The van der Waals surface area contributed by atoms with Crippen LogP contribution in [0, 0.1) is 5.82 Å². The van der Waals surface area contributed by atoms with Crippen LogP contribution in [0.5, 0.6) is 11.5 Å². The molecular formula is C23H18BrFN2O3S. The number of ketones is 1. The molecule has 2 heterocycles. The highest BCUT2D eigenvalue weighted by atomic mass is 79.9. The fraction of sp³-hybridized carbons (Fsp3) is 0.130. The van der Waals surface area contributed by atoms with Crippen LogP contribution in [0.2, 0.25) is 0 Å². The van der Waals surface area contributed by atoms with Crippen LogP contribution in [0.1, 0.15) is 15.2 Å². The number of methoxy groups -OCH3 is 2. The van der Waals surface area contributed by atoms with Crippen LogP contribution in [0.25, 0.3) is 21.5 Å². The maximum Gasteiger partial charge on any atom is 0.179 e. The molecule has 0 aliphatic carbocycles. The number of anilines is 1. The molecule has 0 spiro atoms. The molecule has 0 radical (unpaired) electrons. The summed E-state index contributed by atoms with van der Waals surface area (Å²) < 4.78 is 25.4. The molecule has 31 heavy (non-hydrogen) atoms. The number of thiophene rings is 1. The summed E-state index contributed by atoms with van der Waals surface area (Å²) in [5.41, 5.74) is 8.49. The molecule has 8 heteroatoms. The molecule has 0 amide bonds. The van der Waals surface area contributed by atoms with E-state index in [1.807, 2.05) is 30.3 Å². The second-order valence-corrected chi connectivity index (χ2v) is 8.71. The molecular weight excluding hydrogens is 483 g/mol. The number of ether oxygens (including phenoxy) is 2. The Labute approximate surface area is 190 Å². The average Bonchev–Trinajstić information content (AvgIpc) is 3.11. The van der Waals surface area contributed by atoms with Gasteiger partial charge >= 0.3 is 0 Å². The molecule has 0 fully saturated rings. The number of rotatable bonds is 6. The van der Waals surface area contributed by atoms with Crippen molar-refractivity contribution < 1.29 is 18.7 Å². The second kappa shape index (κ2) is 8.64. The number of nitrogens with zero attached hydrogens (tertiary/aromatic N) is 1. The van der Waals surface area contributed by atoms with E-state index in [-0.39, 0.29) is 12.2 Å². The van der Waals surface area contributed by atoms with E-state index in [0.717, 1.165) is 5.56 Å². The Kier molecular flexibility index (Phi) is 5.93. The van der Waals surface area contributed by atoms with Crippen LogP contribution >= 0.6 is 27.3 Å². The number of aromatic nitrogens is 1. The van der Waals surface area contributed by atoms with Crippen molar-refractivity contribution in [2.45, 2.75) is 6.42 Å². The van der Waals surface area contributed by atoms with Gasteiger partial charge in [-0.1, -0.05) is 22.0 Å². The van der Waals surface area contributed by atoms with Gasteiger partial charge in [-0.15, -0.1) is 11.3 Å². The zero-order chi connectivity index (χ0) is 22.1. The summed E-state index contributed by atoms with van der Waals surface area (Å²) in [5, 5.41) is 0.703. The summed E-state index contributed by atoms with van der Waals surface area (Å²) >= 11 is 4.43. The quantitative estimate of drug-likeness (QED) is 0.334. The fourth-order valence-corrected chi connectivity index (χ4v) is 4.64. The van der Waals surface area contributed by atoms with E-state index in [4.69, 9.17) is 15.2 Å². The Bertz CT molecular complexity index is 1310. The standard InChI is InChI=1S/C23H18BrFN2O3S/c1-29-19-8-4-13(10-20(19)30-2)17-7-6-15-21(26)22(31-23(15)27-17)18(28)9-12-3-5-14(24)11-16(12)25/h3-8,10-11H,9,26H2,1-2H3. The molecule has 4 rings (SSSR count). The van der Waals surface area contributed by atoms with Gasteiger partial charge in [0.1, 0.15) is 10.6 Å². The molecule has 2 aromatic heterocycles. The number of benzene rings is 2. The average molecular weight is 501 g/mol. The molecule has 2 aromatic carbocycles. The summed E-state index contributed by atoms with van der Waals surface area (Å²) in [6.07, 6.45) is -0.0708. The van der Waals surface area contributed by atoms with Crippen molar-refractivity contribution in [2.75, 3.05) is 20.0 Å². The third-order valence-corrected chi connectivity index (χ3v) is 6.54. The van der Waals surface area contributed by atoms with Gasteiger partial charge in [0.05, 0.1) is 30.5 Å². The molecule has 0 bridgehead atoms. The molecule has 0 atom stereocenters. The summed E-state index contributed by atoms with van der Waals surface area (Å²) in [4.78, 5) is 18.6. The SMILES string of the molecule is COc1ccc(-c2ccc3c(N)c(C(=O)Cc4ccc(Br)cc4F)sc3n2)cc1OC. The Morgan fingerprint density at radius 1 is 1.10 bits per heavy atom. The molecule has 0 aliphatic rings. The predicted molar refractivity (Wildman–Crippen MR) is 125 cm³/mol. The molecule has 0 saturated carbocycles. The largest absolute Gasteiger partial charge is 0.493 e. The lowest BCUT2D eigenvalue weighted by Crippen LogP contribution is -2.05. The number of carbonyl (C=O) groups excluding carboxylic acids is 1. The van der Waals surface area contributed by atoms with Gasteiger partial charge in [0.2, 0.25) is 0 Å². The zero-order valence-corrected chi connectivity index (χ0v) is 19.1. The monoisotopic (exact) mass is 500 g/mol. The van der Waals surface area contributed by atoms with Crippen LogP contribution in [0.3, 0.4) is 0 Å². The van der Waals surface area contributed by atoms with Crippen molar-refractivity contribution in [3.05, 3.63) is 69.3 Å². The van der Waals surface area contributed by atoms with Crippen LogP contribution in [-0.4, -0.2) is 25.0 Å². The van der Waals surface area contributed by atoms with Gasteiger partial charge in [-0.3, -0.25) is 4.79 Å². The van der Waals surface area contributed by atoms with Crippen molar-refractivity contribution in [1.82, 2.24) is 4.98 Å². The summed E-state index contributed by atoms with van der Waals surface area (Å²) in [6, 6.07) is 13.9. The molecule has 0 saturated heterocycles. The number of hydrogen-bond acceptors (Lipinski definition) is 6. The van der Waals surface area contributed by atoms with Gasteiger partial charge in [-0.2, -0.15) is 0 Å². The highest BCUT2D eigenvalue weighted by Gasteiger charge is 2.19. The highest BCUT2D eigenvalue weighted by Crippen LogP contribution is 2.37. The van der Waals surface area contributed by atoms with E-state index in [2.05, 4.69) is 20.9 Å². The maximum atomic E-state index is 14.1. The number of nitrogens with two attached hydrogens (primary N) is 1. The Morgan fingerprint density at radius 2 is 1.87 bits per heavy atom. The minimum atomic E-state index is -0.434. The molecule has 5 nitrogen and oxygen atoms in total. The number of pyridine rings is 1. The lowest BCUT2D eigenvalue weighted by atomic mass is 10.1. The van der Waals surface area contributed by atoms with E-state index in [1.54, 1.807) is 26.4 Å². The predicted octanol–water partition coefficient (Wildman–Crippen LogP) is 5.89. The first-order chi connectivity index (χ1) is 14.9. The van der Waals surface area contributed by atoms with E-state index in [9.17, 15) is 9.18 Å². The summed E-state index contributed by atoms with van der Waals surface area (Å²) in [6.45, 7) is 0. The number of halogens is 2. The molecule has 2 N–H and O–H groups in total. The van der Waals surface area contributed by atoms with E-state index < -0.39 is 5.82 Å². The van der Waals surface area contributed by atoms with Crippen molar-refractivity contribution in [3.8, 4) is 22.8 Å². The van der Waals surface area contributed by atoms with Gasteiger partial charge in [0.15, 0.2) is 17.3 Å². The van der Waals surface area contributed by atoms with Gasteiger partial charge < -0.3 is 15.2 Å². The first-order valence-corrected chi connectivity index (χ1v) is 10.9. The molecule has 158 valence electrons. The van der Waals surface area contributed by atoms with Crippen molar-refractivity contribution in [1.29, 1.82) is 0 Å². The van der Waals surface area contributed by atoms with E-state index in [1.165, 1.54) is 17.4 Å². The van der Waals surface area contributed by atoms with Gasteiger partial charge in [-0.05, 0) is 48.0 Å². The van der Waals surface area contributed by atoms with Crippen LogP contribution in [-0.2, 0) is 6.42 Å². The maximum absolute atomic E-state index is 14.1. The third kappa shape index (κ3) is 4.13. The van der Waals surface area contributed by atoms with Gasteiger partial charge in [0.25, 0.3) is 0 Å². The van der Waals surface area contributed by atoms with E-state index in [0.29, 0.717) is 48.0 Å². The summed E-state index contributed by atoms with van der Waals surface area (Å²) in [5.74, 6) is 0.548. The normalized spacial score (nSPS) is 11.0. The Balaban J connectivity index is 1.68. The topological polar surface area (TPSA) is 74.4 Å². The summed E-state index contributed by atoms with van der Waals surface area (Å²) in [7, 11) is 3.15. The van der Waals surface area contributed by atoms with Crippen molar-refractivity contribution >= 4 is 49.0 Å². The Hall–Kier alpha value is -2.97. The smallest absolute Gasteiger partial charge is 0.179 e. The van der Waals surface area contributed by atoms with Crippen LogP contribution in [0.15, 0.2) is 53.0 Å². The van der Waals surface area contributed by atoms with Crippen molar-refractivity contribution in [3.63, 3.8) is 0 Å². The van der Waals surface area contributed by atoms with Crippen molar-refractivity contribution in [2.24, 2.45) is 0 Å². The Morgan fingerprint density at radius 3 is 2.58 bits per heavy atom. The lowest BCUT2D eigenvalue weighted by Gasteiger charge is -2.09. The lowest BCUT2D eigenvalue weighted by molar-refractivity contribution is 0.0996. The highest BCUT2D eigenvalue weighted by molar-refractivity contribution is 9.10. The fourth-order valence-electron chi connectivity index (χ4n) is 3.28. The number of carbonyl (C=O) groups is 1. The van der Waals surface area contributed by atoms with Crippen LogP contribution < -0.4 is 15.2 Å². The first-order valence-electron chi connectivity index (χ1n) is 9.29. The van der Waals surface area contributed by atoms with Crippen LogP contribution in [0.4, 0.5) is 10.1 Å².